The summed E-state index contributed by atoms with van der Waals surface area (Å²) >= 11 is 0. The average Bonchev–Trinajstić information content (AvgIpc) is 2.24. The molecule has 0 rings (SSSR count). The maximum atomic E-state index is 12.3. The molecule has 0 spiro atoms. The molecular weight excluding hydrogens is 242 g/mol. The molecule has 0 heterocycles. The van der Waals surface area contributed by atoms with Gasteiger partial charge < -0.3 is 10.1 Å². The van der Waals surface area contributed by atoms with Crippen LogP contribution in [0.25, 0.3) is 0 Å². The van der Waals surface area contributed by atoms with Crippen LogP contribution in [0.15, 0.2) is 36.2 Å². The first kappa shape index (κ1) is 15.1. The minimum atomic E-state index is -4.69. The van der Waals surface area contributed by atoms with Gasteiger partial charge in [0, 0.05) is 6.08 Å². The second kappa shape index (κ2) is 7.37. The Hall–Kier alpha value is -1.92. The molecule has 0 saturated heterocycles. The Morgan fingerprint density at radius 3 is 2.35 bits per heavy atom. The zero-order valence-electron chi connectivity index (χ0n) is 8.50. The Morgan fingerprint density at radius 1 is 1.24 bits per heavy atom. The first-order chi connectivity index (χ1) is 7.91. The predicted octanol–water partition coefficient (Wildman–Crippen LogP) is 1.83. The summed E-state index contributed by atoms with van der Waals surface area (Å²) in [5, 5.41) is 2.01. The van der Waals surface area contributed by atoms with E-state index in [1.165, 1.54) is 0 Å². The normalized spacial score (nSPS) is 13.3. The van der Waals surface area contributed by atoms with Crippen LogP contribution < -0.4 is 5.32 Å². The third kappa shape index (κ3) is 7.04. The molecular formula is C10H9F4NO2. The lowest BCUT2D eigenvalue weighted by Crippen LogP contribution is -2.23. The van der Waals surface area contributed by atoms with Crippen LogP contribution in [0, 0.1) is 0 Å². The molecule has 17 heavy (non-hydrogen) atoms. The van der Waals surface area contributed by atoms with Gasteiger partial charge in [-0.1, -0.05) is 0 Å². The van der Waals surface area contributed by atoms with E-state index >= 15 is 0 Å². The minimum absolute atomic E-state index is 0.0635. The van der Waals surface area contributed by atoms with Crippen LogP contribution in [0.5, 0.6) is 0 Å². The molecule has 1 amide bonds. The fourth-order valence-corrected chi connectivity index (χ4v) is 0.751. The highest BCUT2D eigenvalue weighted by molar-refractivity contribution is 5.89. The van der Waals surface area contributed by atoms with Crippen LogP contribution in [0.1, 0.15) is 0 Å². The highest BCUT2D eigenvalue weighted by Crippen LogP contribution is 2.26. The van der Waals surface area contributed by atoms with E-state index in [2.05, 4.69) is 0 Å². The van der Waals surface area contributed by atoms with Crippen LogP contribution >= 0.6 is 0 Å². The van der Waals surface area contributed by atoms with E-state index in [-0.39, 0.29) is 12.9 Å². The zero-order chi connectivity index (χ0) is 13.3. The van der Waals surface area contributed by atoms with E-state index in [0.29, 0.717) is 30.6 Å². The molecule has 1 N–H and O–H groups in total. The number of carbonyl (C=O) groups is 2. The van der Waals surface area contributed by atoms with Gasteiger partial charge in [-0.3, -0.25) is 4.79 Å². The maximum absolute atomic E-state index is 12.3. The van der Waals surface area contributed by atoms with Crippen LogP contribution in [0.4, 0.5) is 17.6 Å². The van der Waals surface area contributed by atoms with Gasteiger partial charge in [-0.05, 0) is 18.2 Å². The Morgan fingerprint density at radius 2 is 1.88 bits per heavy atom. The van der Waals surface area contributed by atoms with E-state index in [4.69, 9.17) is 0 Å². The number of alkyl halides is 3. The van der Waals surface area contributed by atoms with Crippen LogP contribution in [0.2, 0.25) is 0 Å². The van der Waals surface area contributed by atoms with Crippen molar-refractivity contribution in [1.29, 1.82) is 0 Å². The van der Waals surface area contributed by atoms with Gasteiger partial charge in [0.25, 0.3) is 0 Å². The highest BCUT2D eigenvalue weighted by atomic mass is 19.4. The van der Waals surface area contributed by atoms with Crippen molar-refractivity contribution in [2.45, 2.75) is 6.18 Å². The quantitative estimate of drug-likeness (QED) is 0.350. The van der Waals surface area contributed by atoms with Crippen LogP contribution in [-0.4, -0.2) is 24.9 Å². The summed E-state index contributed by atoms with van der Waals surface area (Å²) in [4.78, 5) is 20.7. The van der Waals surface area contributed by atoms with Crippen molar-refractivity contribution in [2.75, 3.05) is 6.54 Å². The number of hydrogen-bond acceptors (Lipinski definition) is 2. The summed E-state index contributed by atoms with van der Waals surface area (Å²) in [6.07, 6.45) is -2.25. The number of nitrogens with one attached hydrogen (secondary N) is 1. The highest BCUT2D eigenvalue weighted by Gasteiger charge is 2.31. The van der Waals surface area contributed by atoms with Crippen LogP contribution in [-0.2, 0) is 9.59 Å². The van der Waals surface area contributed by atoms with Crippen molar-refractivity contribution in [1.82, 2.24) is 5.32 Å². The van der Waals surface area contributed by atoms with Gasteiger partial charge in [0.05, 0.1) is 18.4 Å². The average molecular weight is 251 g/mol. The molecule has 0 unspecified atom stereocenters. The minimum Gasteiger partial charge on any atom is -0.346 e. The molecule has 0 saturated carbocycles. The van der Waals surface area contributed by atoms with Crippen molar-refractivity contribution >= 4 is 12.2 Å². The monoisotopic (exact) mass is 251 g/mol. The van der Waals surface area contributed by atoms with E-state index in [1.807, 2.05) is 5.32 Å². The lowest BCUT2D eigenvalue weighted by atomic mass is 10.2. The number of hydrogen-bond donors (Lipinski definition) is 1. The summed E-state index contributed by atoms with van der Waals surface area (Å²) in [5.74, 6) is -0.850. The summed E-state index contributed by atoms with van der Waals surface area (Å²) in [5.41, 5.74) is -1.19. The van der Waals surface area contributed by atoms with Crippen molar-refractivity contribution in [3.8, 4) is 0 Å². The first-order valence-electron chi connectivity index (χ1n) is 4.35. The van der Waals surface area contributed by atoms with Crippen LogP contribution in [0.3, 0.4) is 0 Å². The Bertz CT molecular complexity index is 356. The molecule has 0 aliphatic rings. The van der Waals surface area contributed by atoms with Gasteiger partial charge in [0.2, 0.25) is 5.91 Å². The molecule has 3 nitrogen and oxygen atoms in total. The topological polar surface area (TPSA) is 46.2 Å². The van der Waals surface area contributed by atoms with Crippen molar-refractivity contribution < 1.29 is 27.2 Å². The molecule has 0 atom stereocenters. The number of halogens is 4. The van der Waals surface area contributed by atoms with Gasteiger partial charge in [-0.15, -0.1) is 0 Å². The SMILES string of the molecule is O=CCNC(=O)/C=C/C(=C\C=C\F)C(F)(F)F. The van der Waals surface area contributed by atoms with Crippen molar-refractivity contribution in [2.24, 2.45) is 0 Å². The predicted molar refractivity (Wildman–Crippen MR) is 52.6 cm³/mol. The zero-order valence-corrected chi connectivity index (χ0v) is 8.50. The third-order valence-electron chi connectivity index (χ3n) is 1.45. The Balaban J connectivity index is 4.71. The van der Waals surface area contributed by atoms with Gasteiger partial charge in [-0.25, -0.2) is 4.39 Å². The Labute approximate surface area is 94.5 Å². The summed E-state index contributed by atoms with van der Waals surface area (Å²) in [7, 11) is 0. The molecule has 0 bridgehead atoms. The smallest absolute Gasteiger partial charge is 0.346 e. The largest absolute Gasteiger partial charge is 0.416 e. The van der Waals surface area contributed by atoms with E-state index in [9.17, 15) is 27.2 Å². The number of allylic oxidation sites excluding steroid dienone is 4. The molecule has 0 aromatic carbocycles. The lowest BCUT2D eigenvalue weighted by Gasteiger charge is -2.06. The fraction of sp³-hybridized carbons (Fsp3) is 0.200. The number of amides is 1. The molecule has 0 radical (unpaired) electrons. The molecule has 94 valence electrons. The molecule has 0 aliphatic carbocycles. The molecule has 0 aliphatic heterocycles. The molecule has 0 fully saturated rings. The first-order valence-corrected chi connectivity index (χ1v) is 4.35. The van der Waals surface area contributed by atoms with Gasteiger partial charge >= 0.3 is 6.18 Å². The second-order valence-electron chi connectivity index (χ2n) is 2.68. The summed E-state index contributed by atoms with van der Waals surface area (Å²) < 4.78 is 48.4. The summed E-state index contributed by atoms with van der Waals surface area (Å²) in [6.45, 7) is -0.293. The number of carbonyl (C=O) groups excluding carboxylic acids is 2. The van der Waals surface area contributed by atoms with E-state index < -0.39 is 17.7 Å². The number of rotatable bonds is 5. The maximum Gasteiger partial charge on any atom is 0.416 e. The molecule has 7 heteroatoms. The lowest BCUT2D eigenvalue weighted by molar-refractivity contribution is -0.118. The standard InChI is InChI=1S/C10H9F4NO2/c11-5-1-2-8(10(12,13)14)3-4-9(17)15-6-7-16/h1-5,7H,6H2,(H,15,17)/b4-3+,5-1+,8-2+. The van der Waals surface area contributed by atoms with E-state index in [0.717, 1.165) is 0 Å². The number of aldehydes is 1. The van der Waals surface area contributed by atoms with Gasteiger partial charge in [0.1, 0.15) is 6.29 Å². The van der Waals surface area contributed by atoms with E-state index in [1.54, 1.807) is 0 Å². The van der Waals surface area contributed by atoms with Gasteiger partial charge in [-0.2, -0.15) is 13.2 Å². The summed E-state index contributed by atoms with van der Waals surface area (Å²) in [6, 6.07) is 0. The second-order valence-corrected chi connectivity index (χ2v) is 2.68. The molecule has 0 aromatic heterocycles. The van der Waals surface area contributed by atoms with Gasteiger partial charge in [0.15, 0.2) is 0 Å². The molecule has 0 aromatic rings. The third-order valence-corrected chi connectivity index (χ3v) is 1.45. The fourth-order valence-electron chi connectivity index (χ4n) is 0.751. The van der Waals surface area contributed by atoms with Crippen molar-refractivity contribution in [3.05, 3.63) is 36.2 Å². The van der Waals surface area contributed by atoms with Crippen molar-refractivity contribution in [3.63, 3.8) is 0 Å². The Kier molecular flexibility index (Phi) is 6.54.